The van der Waals surface area contributed by atoms with Crippen molar-refractivity contribution in [3.05, 3.63) is 40.7 Å². The summed E-state index contributed by atoms with van der Waals surface area (Å²) in [4.78, 5) is 19.4. The van der Waals surface area contributed by atoms with Gasteiger partial charge in [0.05, 0.1) is 15.4 Å². The van der Waals surface area contributed by atoms with Gasteiger partial charge in [-0.15, -0.1) is 0 Å². The Morgan fingerprint density at radius 1 is 1.35 bits per heavy atom. The predicted octanol–water partition coefficient (Wildman–Crippen LogP) is 3.39. The van der Waals surface area contributed by atoms with Crippen LogP contribution in [-0.2, 0) is 7.05 Å². The third kappa shape index (κ3) is 3.29. The third-order valence-corrected chi connectivity index (χ3v) is 6.08. The first kappa shape index (κ1) is 17.3. The number of fused-ring (bicyclic) bond motifs is 1. The number of para-hydroxylation sites is 1. The highest BCUT2D eigenvalue weighted by atomic mass is 35.5. The van der Waals surface area contributed by atoms with Crippen LogP contribution in [-0.4, -0.2) is 39.8 Å². The van der Waals surface area contributed by atoms with E-state index in [-0.39, 0.29) is 11.9 Å². The van der Waals surface area contributed by atoms with Gasteiger partial charge in [-0.3, -0.25) is 9.48 Å². The van der Waals surface area contributed by atoms with Crippen LogP contribution >= 0.6 is 22.9 Å². The van der Waals surface area contributed by atoms with Crippen molar-refractivity contribution in [1.82, 2.24) is 20.1 Å². The van der Waals surface area contributed by atoms with E-state index in [0.29, 0.717) is 10.7 Å². The third-order valence-electron chi connectivity index (χ3n) is 4.69. The van der Waals surface area contributed by atoms with Gasteiger partial charge in [0.1, 0.15) is 11.2 Å². The number of halogens is 1. The second-order valence-electron chi connectivity index (χ2n) is 6.61. The molecule has 6 nitrogen and oxygen atoms in total. The van der Waals surface area contributed by atoms with Gasteiger partial charge < -0.3 is 10.2 Å². The van der Waals surface area contributed by atoms with E-state index in [9.17, 15) is 4.79 Å². The van der Waals surface area contributed by atoms with Crippen molar-refractivity contribution in [2.24, 2.45) is 7.05 Å². The molecule has 0 radical (unpaired) electrons. The van der Waals surface area contributed by atoms with Crippen LogP contribution in [0.1, 0.15) is 29.0 Å². The largest absolute Gasteiger partial charge is 0.348 e. The van der Waals surface area contributed by atoms with E-state index < -0.39 is 0 Å². The SMILES string of the molecule is Cc1cc(C(=O)NC2CCN(c3nc4c(Cl)cccc4s3)CC2)n(C)n1. The van der Waals surface area contributed by atoms with Crippen LogP contribution in [0.15, 0.2) is 24.3 Å². The van der Waals surface area contributed by atoms with E-state index in [4.69, 9.17) is 16.6 Å². The first-order chi connectivity index (χ1) is 12.5. The molecule has 1 aliphatic rings. The highest BCUT2D eigenvalue weighted by Gasteiger charge is 2.24. The van der Waals surface area contributed by atoms with E-state index in [2.05, 4.69) is 15.3 Å². The first-order valence-corrected chi connectivity index (χ1v) is 9.82. The standard InChI is InChI=1S/C18H20ClN5OS/c1-11-10-14(23(2)22-11)17(25)20-12-6-8-24(9-7-12)18-21-16-13(19)4-3-5-15(16)26-18/h3-5,10,12H,6-9H2,1-2H3,(H,20,25). The average Bonchev–Trinajstić information content (AvgIpc) is 3.19. The Morgan fingerprint density at radius 2 is 2.12 bits per heavy atom. The molecule has 1 aromatic carbocycles. The summed E-state index contributed by atoms with van der Waals surface area (Å²) in [5, 5.41) is 9.06. The lowest BCUT2D eigenvalue weighted by Crippen LogP contribution is -2.45. The molecule has 26 heavy (non-hydrogen) atoms. The maximum Gasteiger partial charge on any atom is 0.269 e. The Labute approximate surface area is 160 Å². The molecular weight excluding hydrogens is 370 g/mol. The maximum atomic E-state index is 12.4. The molecule has 1 fully saturated rings. The van der Waals surface area contributed by atoms with E-state index >= 15 is 0 Å². The number of nitrogens with zero attached hydrogens (tertiary/aromatic N) is 4. The smallest absolute Gasteiger partial charge is 0.269 e. The van der Waals surface area contributed by atoms with Crippen molar-refractivity contribution < 1.29 is 4.79 Å². The topological polar surface area (TPSA) is 63.1 Å². The summed E-state index contributed by atoms with van der Waals surface area (Å²) >= 11 is 7.90. The van der Waals surface area contributed by atoms with Gasteiger partial charge in [-0.2, -0.15) is 5.10 Å². The number of benzene rings is 1. The number of anilines is 1. The van der Waals surface area contributed by atoms with Crippen LogP contribution in [0.3, 0.4) is 0 Å². The van der Waals surface area contributed by atoms with Crippen molar-refractivity contribution in [2.45, 2.75) is 25.8 Å². The number of nitrogens with one attached hydrogen (secondary N) is 1. The van der Waals surface area contributed by atoms with Gasteiger partial charge in [-0.05, 0) is 38.0 Å². The second-order valence-corrected chi connectivity index (χ2v) is 8.03. The molecule has 0 saturated carbocycles. The highest BCUT2D eigenvalue weighted by Crippen LogP contribution is 2.33. The lowest BCUT2D eigenvalue weighted by atomic mass is 10.1. The Morgan fingerprint density at radius 3 is 2.77 bits per heavy atom. The number of hydrogen-bond donors (Lipinski definition) is 1. The molecule has 1 aliphatic heterocycles. The summed E-state index contributed by atoms with van der Waals surface area (Å²) in [5.74, 6) is -0.0571. The summed E-state index contributed by atoms with van der Waals surface area (Å²) in [5.41, 5.74) is 2.32. The van der Waals surface area contributed by atoms with Crippen molar-refractivity contribution in [3.8, 4) is 0 Å². The zero-order valence-corrected chi connectivity index (χ0v) is 16.3. The number of carbonyl (C=O) groups excluding carboxylic acids is 1. The Kier molecular flexibility index (Phi) is 4.58. The molecule has 3 heterocycles. The second kappa shape index (κ2) is 6.89. The minimum atomic E-state index is -0.0571. The molecule has 136 valence electrons. The van der Waals surface area contributed by atoms with Crippen LogP contribution < -0.4 is 10.2 Å². The van der Waals surface area contributed by atoms with Crippen molar-refractivity contribution >= 4 is 44.2 Å². The van der Waals surface area contributed by atoms with Crippen molar-refractivity contribution in [3.63, 3.8) is 0 Å². The molecule has 4 rings (SSSR count). The number of carbonyl (C=O) groups is 1. The number of aromatic nitrogens is 3. The van der Waals surface area contributed by atoms with Crippen LogP contribution in [0, 0.1) is 6.92 Å². The molecule has 1 saturated heterocycles. The molecule has 2 aromatic heterocycles. The fourth-order valence-electron chi connectivity index (χ4n) is 3.34. The molecule has 8 heteroatoms. The number of thiazole rings is 1. The fraction of sp³-hybridized carbons (Fsp3) is 0.389. The average molecular weight is 390 g/mol. The number of hydrogen-bond acceptors (Lipinski definition) is 5. The van der Waals surface area contributed by atoms with Crippen LogP contribution in [0.2, 0.25) is 5.02 Å². The van der Waals surface area contributed by atoms with E-state index in [1.54, 1.807) is 23.1 Å². The summed E-state index contributed by atoms with van der Waals surface area (Å²) in [7, 11) is 1.79. The summed E-state index contributed by atoms with van der Waals surface area (Å²) < 4.78 is 2.74. The summed E-state index contributed by atoms with van der Waals surface area (Å²) in [6, 6.07) is 7.86. The molecule has 0 aliphatic carbocycles. The minimum absolute atomic E-state index is 0.0571. The molecule has 0 bridgehead atoms. The number of rotatable bonds is 3. The molecule has 0 spiro atoms. The van der Waals surface area contributed by atoms with Gasteiger partial charge in [0.25, 0.3) is 5.91 Å². The zero-order chi connectivity index (χ0) is 18.3. The van der Waals surface area contributed by atoms with Crippen molar-refractivity contribution in [1.29, 1.82) is 0 Å². The monoisotopic (exact) mass is 389 g/mol. The maximum absolute atomic E-state index is 12.4. The molecule has 1 N–H and O–H groups in total. The van der Waals surface area contributed by atoms with Gasteiger partial charge >= 0.3 is 0 Å². The van der Waals surface area contributed by atoms with Gasteiger partial charge in [-0.25, -0.2) is 4.98 Å². The van der Waals surface area contributed by atoms with Gasteiger partial charge in [0.15, 0.2) is 5.13 Å². The Bertz CT molecular complexity index is 958. The fourth-order valence-corrected chi connectivity index (χ4v) is 4.65. The Balaban J connectivity index is 1.40. The normalized spacial score (nSPS) is 15.6. The quantitative estimate of drug-likeness (QED) is 0.745. The first-order valence-electron chi connectivity index (χ1n) is 8.63. The molecule has 3 aromatic rings. The van der Waals surface area contributed by atoms with Crippen molar-refractivity contribution in [2.75, 3.05) is 18.0 Å². The predicted molar refractivity (Wildman–Crippen MR) is 105 cm³/mol. The lowest BCUT2D eigenvalue weighted by molar-refractivity contribution is 0.0921. The van der Waals surface area contributed by atoms with Gasteiger partial charge in [-0.1, -0.05) is 29.0 Å². The number of aryl methyl sites for hydroxylation is 2. The van der Waals surface area contributed by atoms with Gasteiger partial charge in [0, 0.05) is 26.2 Å². The summed E-state index contributed by atoms with van der Waals surface area (Å²) in [6.07, 6.45) is 1.79. The van der Waals surface area contributed by atoms with E-state index in [1.165, 1.54) is 0 Å². The van der Waals surface area contributed by atoms with E-state index in [0.717, 1.165) is 47.0 Å². The lowest BCUT2D eigenvalue weighted by Gasteiger charge is -2.32. The van der Waals surface area contributed by atoms with Gasteiger partial charge in [0.2, 0.25) is 0 Å². The van der Waals surface area contributed by atoms with E-state index in [1.807, 2.05) is 31.2 Å². The summed E-state index contributed by atoms with van der Waals surface area (Å²) in [6.45, 7) is 3.62. The molecular formula is C18H20ClN5OS. The number of piperidine rings is 1. The highest BCUT2D eigenvalue weighted by molar-refractivity contribution is 7.22. The molecule has 0 atom stereocenters. The minimum Gasteiger partial charge on any atom is -0.348 e. The van der Waals surface area contributed by atoms with Crippen LogP contribution in [0.25, 0.3) is 10.2 Å². The van der Waals surface area contributed by atoms with Crippen LogP contribution in [0.5, 0.6) is 0 Å². The van der Waals surface area contributed by atoms with Crippen LogP contribution in [0.4, 0.5) is 5.13 Å². The zero-order valence-electron chi connectivity index (χ0n) is 14.7. The Hall–Kier alpha value is -2.12. The molecule has 1 amide bonds. The number of amides is 1. The molecule has 0 unspecified atom stereocenters.